The maximum absolute atomic E-state index is 5.45. The first-order valence-electron chi connectivity index (χ1n) is 8.84. The molecule has 0 aromatic carbocycles. The Morgan fingerprint density at radius 1 is 1.05 bits per heavy atom. The maximum atomic E-state index is 5.45. The Morgan fingerprint density at radius 3 is 2.52 bits per heavy atom. The second-order valence-corrected chi connectivity index (χ2v) is 7.63. The van der Waals surface area contributed by atoms with Gasteiger partial charge in [-0.05, 0) is 59.7 Å². The lowest BCUT2D eigenvalue weighted by molar-refractivity contribution is 0.0185. The third-order valence-corrected chi connectivity index (χ3v) is 4.62. The lowest BCUT2D eigenvalue weighted by Gasteiger charge is -2.32. The molecule has 4 nitrogen and oxygen atoms in total. The van der Waals surface area contributed by atoms with Crippen LogP contribution in [0.25, 0.3) is 0 Å². The van der Waals surface area contributed by atoms with Gasteiger partial charge in [0, 0.05) is 31.2 Å². The van der Waals surface area contributed by atoms with Crippen molar-refractivity contribution < 1.29 is 4.74 Å². The van der Waals surface area contributed by atoms with Crippen molar-refractivity contribution in [2.24, 2.45) is 0 Å². The van der Waals surface area contributed by atoms with Crippen molar-refractivity contribution in [2.75, 3.05) is 52.5 Å². The van der Waals surface area contributed by atoms with Crippen molar-refractivity contribution in [3.63, 3.8) is 0 Å². The molecule has 2 aliphatic heterocycles. The number of hydrogen-bond donors (Lipinski definition) is 1. The van der Waals surface area contributed by atoms with E-state index < -0.39 is 0 Å². The summed E-state index contributed by atoms with van der Waals surface area (Å²) in [4.78, 5) is 5.30. The predicted molar refractivity (Wildman–Crippen MR) is 88.8 cm³/mol. The average Bonchev–Trinajstić information content (AvgIpc) is 2.91. The topological polar surface area (TPSA) is 27.7 Å². The molecule has 4 heteroatoms. The van der Waals surface area contributed by atoms with Crippen LogP contribution >= 0.6 is 0 Å². The summed E-state index contributed by atoms with van der Waals surface area (Å²) in [6, 6.07) is 0.788. The first-order valence-corrected chi connectivity index (χ1v) is 8.84. The molecule has 2 heterocycles. The molecule has 0 radical (unpaired) electrons. The minimum atomic E-state index is 0.264. The molecule has 1 N–H and O–H groups in total. The minimum absolute atomic E-state index is 0.264. The van der Waals surface area contributed by atoms with E-state index in [4.69, 9.17) is 4.74 Å². The van der Waals surface area contributed by atoms with Crippen LogP contribution in [0.15, 0.2) is 0 Å². The lowest BCUT2D eigenvalue weighted by Crippen LogP contribution is -2.44. The van der Waals surface area contributed by atoms with Gasteiger partial charge >= 0.3 is 0 Å². The molecule has 2 aliphatic rings. The molecule has 2 saturated heterocycles. The van der Waals surface area contributed by atoms with E-state index in [-0.39, 0.29) is 5.54 Å². The Balaban J connectivity index is 1.50. The monoisotopic (exact) mass is 297 g/mol. The van der Waals surface area contributed by atoms with Crippen molar-refractivity contribution >= 4 is 0 Å². The van der Waals surface area contributed by atoms with Crippen LogP contribution in [0.1, 0.15) is 46.5 Å². The number of nitrogens with one attached hydrogen (secondary N) is 1. The molecule has 1 atom stereocenters. The van der Waals surface area contributed by atoms with Gasteiger partial charge in [0.25, 0.3) is 0 Å². The van der Waals surface area contributed by atoms with Gasteiger partial charge in [-0.1, -0.05) is 6.42 Å². The van der Waals surface area contributed by atoms with Gasteiger partial charge in [0.2, 0.25) is 0 Å². The normalized spacial score (nSPS) is 25.6. The van der Waals surface area contributed by atoms with Gasteiger partial charge in [0.05, 0.1) is 13.2 Å². The molecule has 0 amide bonds. The van der Waals surface area contributed by atoms with E-state index in [1.807, 2.05) is 0 Å². The van der Waals surface area contributed by atoms with Gasteiger partial charge in [-0.25, -0.2) is 0 Å². The molecular formula is C17H35N3O. The number of morpholine rings is 1. The molecule has 2 rings (SSSR count). The zero-order chi connectivity index (χ0) is 15.1. The van der Waals surface area contributed by atoms with Crippen molar-refractivity contribution in [3.8, 4) is 0 Å². The van der Waals surface area contributed by atoms with Crippen molar-refractivity contribution in [2.45, 2.75) is 58.0 Å². The van der Waals surface area contributed by atoms with Crippen molar-refractivity contribution in [1.82, 2.24) is 15.1 Å². The highest BCUT2D eigenvalue weighted by molar-refractivity contribution is 4.84. The first-order chi connectivity index (χ1) is 10.0. The van der Waals surface area contributed by atoms with Gasteiger partial charge in [0.15, 0.2) is 0 Å². The van der Waals surface area contributed by atoms with Gasteiger partial charge < -0.3 is 15.0 Å². The Bertz CT molecular complexity index is 284. The fraction of sp³-hybridized carbons (Fsp3) is 1.00. The fourth-order valence-corrected chi connectivity index (χ4v) is 3.36. The maximum Gasteiger partial charge on any atom is 0.0594 e. The summed E-state index contributed by atoms with van der Waals surface area (Å²) in [5.41, 5.74) is 0.264. The van der Waals surface area contributed by atoms with E-state index in [0.29, 0.717) is 0 Å². The second kappa shape index (κ2) is 8.47. The molecule has 0 aromatic heterocycles. The molecule has 2 fully saturated rings. The summed E-state index contributed by atoms with van der Waals surface area (Å²) in [7, 11) is 0. The Hall–Kier alpha value is -0.160. The molecule has 0 saturated carbocycles. The predicted octanol–water partition coefficient (Wildman–Crippen LogP) is 1.95. The van der Waals surface area contributed by atoms with E-state index in [9.17, 15) is 0 Å². The molecule has 124 valence electrons. The van der Waals surface area contributed by atoms with E-state index in [0.717, 1.165) is 38.9 Å². The summed E-state index contributed by atoms with van der Waals surface area (Å²) in [5.74, 6) is 0. The van der Waals surface area contributed by atoms with E-state index >= 15 is 0 Å². The van der Waals surface area contributed by atoms with Gasteiger partial charge in [0.1, 0.15) is 0 Å². The summed E-state index contributed by atoms with van der Waals surface area (Å²) in [5, 5.41) is 3.57. The first kappa shape index (κ1) is 17.2. The summed E-state index contributed by atoms with van der Waals surface area (Å²) in [6.45, 7) is 15.9. The molecule has 21 heavy (non-hydrogen) atoms. The standard InChI is InChI=1S/C17H35N3O/c1-17(2,3)18-8-5-4-6-9-19-10-7-16(15-19)20-11-13-21-14-12-20/h16,18H,4-15H2,1-3H3. The fourth-order valence-electron chi connectivity index (χ4n) is 3.36. The van der Waals surface area contributed by atoms with Crippen LogP contribution in [0.4, 0.5) is 0 Å². The van der Waals surface area contributed by atoms with Gasteiger partial charge in [-0.2, -0.15) is 0 Å². The molecule has 0 spiro atoms. The smallest absolute Gasteiger partial charge is 0.0594 e. The van der Waals surface area contributed by atoms with Gasteiger partial charge in [-0.3, -0.25) is 4.90 Å². The Morgan fingerprint density at radius 2 is 1.81 bits per heavy atom. The zero-order valence-electron chi connectivity index (χ0n) is 14.4. The molecular weight excluding hydrogens is 262 g/mol. The SMILES string of the molecule is CC(C)(C)NCCCCCN1CCC(N2CCOCC2)C1. The van der Waals surface area contributed by atoms with Crippen LogP contribution in [-0.4, -0.2) is 73.9 Å². The Kier molecular flexibility index (Phi) is 6.93. The molecule has 0 aliphatic carbocycles. The number of hydrogen-bond acceptors (Lipinski definition) is 4. The summed E-state index contributed by atoms with van der Waals surface area (Å²) >= 11 is 0. The number of unbranched alkanes of at least 4 members (excludes halogenated alkanes) is 2. The summed E-state index contributed by atoms with van der Waals surface area (Å²) in [6.07, 6.45) is 5.35. The Labute approximate surface area is 131 Å². The van der Waals surface area contributed by atoms with E-state index in [1.165, 1.54) is 45.3 Å². The van der Waals surface area contributed by atoms with Gasteiger partial charge in [-0.15, -0.1) is 0 Å². The van der Waals surface area contributed by atoms with Crippen LogP contribution in [-0.2, 0) is 4.74 Å². The highest BCUT2D eigenvalue weighted by Gasteiger charge is 2.28. The zero-order valence-corrected chi connectivity index (χ0v) is 14.4. The number of likely N-dealkylation sites (tertiary alicyclic amines) is 1. The van der Waals surface area contributed by atoms with Crippen LogP contribution in [0.3, 0.4) is 0 Å². The molecule has 0 aromatic rings. The third-order valence-electron chi connectivity index (χ3n) is 4.62. The summed E-state index contributed by atoms with van der Waals surface area (Å²) < 4.78 is 5.45. The van der Waals surface area contributed by atoms with E-state index in [2.05, 4.69) is 35.9 Å². The quantitative estimate of drug-likeness (QED) is 0.727. The second-order valence-electron chi connectivity index (χ2n) is 7.63. The van der Waals surface area contributed by atoms with Crippen LogP contribution in [0.5, 0.6) is 0 Å². The van der Waals surface area contributed by atoms with Crippen molar-refractivity contribution in [1.29, 1.82) is 0 Å². The highest BCUT2D eigenvalue weighted by Crippen LogP contribution is 2.17. The number of rotatable bonds is 7. The number of ether oxygens (including phenoxy) is 1. The van der Waals surface area contributed by atoms with E-state index in [1.54, 1.807) is 0 Å². The lowest BCUT2D eigenvalue weighted by atomic mass is 10.1. The molecule has 1 unspecified atom stereocenters. The number of nitrogens with zero attached hydrogens (tertiary/aromatic N) is 2. The minimum Gasteiger partial charge on any atom is -0.379 e. The van der Waals surface area contributed by atoms with Crippen LogP contribution in [0.2, 0.25) is 0 Å². The molecule has 0 bridgehead atoms. The van der Waals surface area contributed by atoms with Crippen LogP contribution in [0, 0.1) is 0 Å². The largest absolute Gasteiger partial charge is 0.379 e. The third kappa shape index (κ3) is 6.64. The van der Waals surface area contributed by atoms with Crippen LogP contribution < -0.4 is 5.32 Å². The highest BCUT2D eigenvalue weighted by atomic mass is 16.5. The van der Waals surface area contributed by atoms with Crippen molar-refractivity contribution in [3.05, 3.63) is 0 Å². The average molecular weight is 297 g/mol.